The smallest absolute Gasteiger partial charge is 0.252 e. The van der Waals surface area contributed by atoms with Crippen LogP contribution in [0.5, 0.6) is 0 Å². The third-order valence-electron chi connectivity index (χ3n) is 5.27. The van der Waals surface area contributed by atoms with Crippen LogP contribution in [0.1, 0.15) is 29.8 Å². The molecule has 0 fully saturated rings. The highest BCUT2D eigenvalue weighted by atomic mass is 35.5. The van der Waals surface area contributed by atoms with Gasteiger partial charge in [-0.3, -0.25) is 14.9 Å². The number of hydrogen-bond donors (Lipinski definition) is 2. The fourth-order valence-corrected chi connectivity index (χ4v) is 3.47. The Morgan fingerprint density at radius 2 is 1.63 bits per heavy atom. The molecule has 2 amide bonds. The summed E-state index contributed by atoms with van der Waals surface area (Å²) in [4.78, 5) is 30.1. The molecule has 4 rings (SSSR count). The fraction of sp³-hybridized carbons (Fsp3) is 0.154. The molecule has 0 saturated heterocycles. The van der Waals surface area contributed by atoms with Crippen molar-refractivity contribution in [1.29, 1.82) is 0 Å². The summed E-state index contributed by atoms with van der Waals surface area (Å²) in [6.07, 6.45) is 0. The van der Waals surface area contributed by atoms with Gasteiger partial charge in [0, 0.05) is 16.1 Å². The number of hydrogen-bond acceptors (Lipinski definition) is 4. The van der Waals surface area contributed by atoms with Gasteiger partial charge in [0.05, 0.1) is 6.54 Å². The standard InChI is InChI=1S/C26H23ClFN5O2/c1-26(2,31-23(34)19-8-12-20(27)13-9-19)24(35)30-25-29-22(18-10-14-21(28)15-11-18)33(32-25)16-17-6-4-3-5-7-17/h3-15H,16H2,1-2H3,(H,31,34)(H,30,32,35). The van der Waals surface area contributed by atoms with Crippen LogP contribution in [0.3, 0.4) is 0 Å². The number of amides is 2. The van der Waals surface area contributed by atoms with E-state index in [0.717, 1.165) is 5.56 Å². The number of aromatic nitrogens is 3. The molecular weight excluding hydrogens is 469 g/mol. The molecule has 0 aliphatic rings. The second kappa shape index (κ2) is 10.1. The molecule has 1 aromatic heterocycles. The van der Waals surface area contributed by atoms with E-state index in [1.54, 1.807) is 54.9 Å². The van der Waals surface area contributed by atoms with Crippen LogP contribution in [0, 0.1) is 5.82 Å². The highest BCUT2D eigenvalue weighted by Gasteiger charge is 2.31. The van der Waals surface area contributed by atoms with E-state index in [-0.39, 0.29) is 11.8 Å². The number of nitrogens with zero attached hydrogens (tertiary/aromatic N) is 3. The van der Waals surface area contributed by atoms with E-state index in [4.69, 9.17) is 11.6 Å². The predicted octanol–water partition coefficient (Wildman–Crippen LogP) is 4.93. The zero-order chi connectivity index (χ0) is 25.0. The Labute approximate surface area is 207 Å². The lowest BCUT2D eigenvalue weighted by Crippen LogP contribution is -2.52. The second-order valence-electron chi connectivity index (χ2n) is 8.45. The largest absolute Gasteiger partial charge is 0.338 e. The average molecular weight is 492 g/mol. The van der Waals surface area contributed by atoms with Gasteiger partial charge in [-0.1, -0.05) is 41.9 Å². The molecule has 0 saturated carbocycles. The van der Waals surface area contributed by atoms with Crippen LogP contribution < -0.4 is 10.6 Å². The van der Waals surface area contributed by atoms with Gasteiger partial charge in [-0.2, -0.15) is 4.98 Å². The van der Waals surface area contributed by atoms with E-state index >= 15 is 0 Å². The van der Waals surface area contributed by atoms with E-state index in [1.807, 2.05) is 30.3 Å². The zero-order valence-electron chi connectivity index (χ0n) is 19.1. The van der Waals surface area contributed by atoms with Gasteiger partial charge in [-0.15, -0.1) is 5.10 Å². The molecule has 178 valence electrons. The molecule has 0 aliphatic carbocycles. The van der Waals surface area contributed by atoms with Gasteiger partial charge in [-0.05, 0) is 67.9 Å². The molecule has 3 aromatic carbocycles. The fourth-order valence-electron chi connectivity index (χ4n) is 3.35. The van der Waals surface area contributed by atoms with Crippen molar-refractivity contribution in [2.75, 3.05) is 5.32 Å². The normalized spacial score (nSPS) is 11.2. The number of rotatable bonds is 7. The third kappa shape index (κ3) is 5.91. The molecule has 0 atom stereocenters. The van der Waals surface area contributed by atoms with E-state index in [1.165, 1.54) is 12.1 Å². The van der Waals surface area contributed by atoms with E-state index in [0.29, 0.717) is 28.5 Å². The Balaban J connectivity index is 1.56. The monoisotopic (exact) mass is 491 g/mol. The molecule has 1 heterocycles. The van der Waals surface area contributed by atoms with Crippen molar-refractivity contribution in [3.8, 4) is 11.4 Å². The van der Waals surface area contributed by atoms with Crippen LogP contribution >= 0.6 is 11.6 Å². The first-order valence-corrected chi connectivity index (χ1v) is 11.2. The van der Waals surface area contributed by atoms with Crippen molar-refractivity contribution in [3.05, 3.63) is 101 Å². The van der Waals surface area contributed by atoms with E-state index in [2.05, 4.69) is 20.7 Å². The predicted molar refractivity (Wildman–Crippen MR) is 133 cm³/mol. The van der Waals surface area contributed by atoms with Crippen molar-refractivity contribution in [2.45, 2.75) is 25.9 Å². The summed E-state index contributed by atoms with van der Waals surface area (Å²) in [5, 5.41) is 10.4. The molecule has 4 aromatic rings. The summed E-state index contributed by atoms with van der Waals surface area (Å²) in [5.74, 6) is -0.750. The van der Waals surface area contributed by atoms with Gasteiger partial charge >= 0.3 is 0 Å². The molecule has 0 radical (unpaired) electrons. The maximum absolute atomic E-state index is 13.5. The maximum atomic E-state index is 13.5. The van der Waals surface area contributed by atoms with Gasteiger partial charge in [-0.25, -0.2) is 9.07 Å². The van der Waals surface area contributed by atoms with Crippen LogP contribution in [0.2, 0.25) is 5.02 Å². The molecule has 7 nitrogen and oxygen atoms in total. The molecule has 2 N–H and O–H groups in total. The van der Waals surface area contributed by atoms with Gasteiger partial charge < -0.3 is 5.32 Å². The summed E-state index contributed by atoms with van der Waals surface area (Å²) < 4.78 is 15.1. The maximum Gasteiger partial charge on any atom is 0.252 e. The first kappa shape index (κ1) is 24.1. The lowest BCUT2D eigenvalue weighted by Gasteiger charge is -2.24. The van der Waals surface area contributed by atoms with E-state index < -0.39 is 17.4 Å². The molecule has 0 bridgehead atoms. The van der Waals surface area contributed by atoms with Crippen molar-refractivity contribution < 1.29 is 14.0 Å². The SMILES string of the molecule is CC(C)(NC(=O)c1ccc(Cl)cc1)C(=O)Nc1nc(-c2ccc(F)cc2)n(Cc2ccccc2)n1. The van der Waals surface area contributed by atoms with Crippen molar-refractivity contribution in [1.82, 2.24) is 20.1 Å². The van der Waals surface area contributed by atoms with Crippen LogP contribution in [0.25, 0.3) is 11.4 Å². The first-order valence-electron chi connectivity index (χ1n) is 10.9. The van der Waals surface area contributed by atoms with Gasteiger partial charge in [0.15, 0.2) is 5.82 Å². The molecule has 0 spiro atoms. The van der Waals surface area contributed by atoms with Gasteiger partial charge in [0.2, 0.25) is 5.95 Å². The Bertz CT molecular complexity index is 1340. The van der Waals surface area contributed by atoms with Crippen LogP contribution in [0.15, 0.2) is 78.9 Å². The topological polar surface area (TPSA) is 88.9 Å². The summed E-state index contributed by atoms with van der Waals surface area (Å²) in [5.41, 5.74) is 0.733. The zero-order valence-corrected chi connectivity index (χ0v) is 19.9. The minimum Gasteiger partial charge on any atom is -0.338 e. The third-order valence-corrected chi connectivity index (χ3v) is 5.53. The number of benzene rings is 3. The summed E-state index contributed by atoms with van der Waals surface area (Å²) in [7, 11) is 0. The first-order chi connectivity index (χ1) is 16.7. The number of carbonyl (C=O) groups excluding carboxylic acids is 2. The average Bonchev–Trinajstić information content (AvgIpc) is 3.22. The quantitative estimate of drug-likeness (QED) is 0.383. The highest BCUT2D eigenvalue weighted by molar-refractivity contribution is 6.30. The van der Waals surface area contributed by atoms with E-state index in [9.17, 15) is 14.0 Å². The minimum atomic E-state index is -1.27. The van der Waals surface area contributed by atoms with Crippen molar-refractivity contribution >= 4 is 29.4 Å². The summed E-state index contributed by atoms with van der Waals surface area (Å²) >= 11 is 5.88. The van der Waals surface area contributed by atoms with Gasteiger partial charge in [0.1, 0.15) is 11.4 Å². The van der Waals surface area contributed by atoms with Crippen LogP contribution in [-0.4, -0.2) is 32.1 Å². The number of halogens is 2. The Kier molecular flexibility index (Phi) is 6.93. The van der Waals surface area contributed by atoms with Crippen molar-refractivity contribution in [2.24, 2.45) is 0 Å². The summed E-state index contributed by atoms with van der Waals surface area (Å²) in [6.45, 7) is 3.56. The van der Waals surface area contributed by atoms with Crippen molar-refractivity contribution in [3.63, 3.8) is 0 Å². The number of anilines is 1. The molecule has 0 aliphatic heterocycles. The Morgan fingerprint density at radius 1 is 0.971 bits per heavy atom. The molecule has 9 heteroatoms. The number of nitrogens with one attached hydrogen (secondary N) is 2. The molecule has 35 heavy (non-hydrogen) atoms. The Morgan fingerprint density at radius 3 is 2.29 bits per heavy atom. The highest BCUT2D eigenvalue weighted by Crippen LogP contribution is 2.21. The lowest BCUT2D eigenvalue weighted by atomic mass is 10.0. The van der Waals surface area contributed by atoms with Gasteiger partial charge in [0.25, 0.3) is 11.8 Å². The number of carbonyl (C=O) groups is 2. The molecule has 0 unspecified atom stereocenters. The molecular formula is C26H23ClFN5O2. The van der Waals surface area contributed by atoms with Crippen LogP contribution in [-0.2, 0) is 11.3 Å². The minimum absolute atomic E-state index is 0.0686. The lowest BCUT2D eigenvalue weighted by molar-refractivity contribution is -0.121. The Hall–Kier alpha value is -4.04. The second-order valence-corrected chi connectivity index (χ2v) is 8.89. The van der Waals surface area contributed by atoms with Crippen LogP contribution in [0.4, 0.5) is 10.3 Å². The summed E-state index contributed by atoms with van der Waals surface area (Å²) in [6, 6.07) is 21.9.